The lowest BCUT2D eigenvalue weighted by Gasteiger charge is -2.14. The molecule has 0 radical (unpaired) electrons. The largest absolute Gasteiger partial charge is 0.488 e. The molecule has 112 valence electrons. The van der Waals surface area contributed by atoms with E-state index in [-0.39, 0.29) is 0 Å². The molecule has 0 aliphatic heterocycles. The third-order valence-corrected chi connectivity index (χ3v) is 4.22. The lowest BCUT2D eigenvalue weighted by atomic mass is 10.2. The first-order valence-electron chi connectivity index (χ1n) is 6.66. The highest BCUT2D eigenvalue weighted by Gasteiger charge is 2.09. The second-order valence-corrected chi connectivity index (χ2v) is 6.25. The maximum Gasteiger partial charge on any atom is 0.124 e. The summed E-state index contributed by atoms with van der Waals surface area (Å²) in [6.45, 7) is 4.07. The summed E-state index contributed by atoms with van der Waals surface area (Å²) >= 11 is 15.8. The molecule has 5 heteroatoms. The molecule has 0 aromatic heterocycles. The van der Waals surface area contributed by atoms with Gasteiger partial charge in [0.25, 0.3) is 0 Å². The van der Waals surface area contributed by atoms with Crippen LogP contribution in [0.5, 0.6) is 5.75 Å². The van der Waals surface area contributed by atoms with Gasteiger partial charge in [-0.2, -0.15) is 0 Å². The highest BCUT2D eigenvalue weighted by Crippen LogP contribution is 2.28. The van der Waals surface area contributed by atoms with E-state index in [0.717, 1.165) is 34.4 Å². The summed E-state index contributed by atoms with van der Waals surface area (Å²) < 4.78 is 6.93. The van der Waals surface area contributed by atoms with Gasteiger partial charge in [0.05, 0.1) is 0 Å². The van der Waals surface area contributed by atoms with E-state index in [9.17, 15) is 0 Å². The summed E-state index contributed by atoms with van der Waals surface area (Å²) in [5.74, 6) is 0.829. The fourth-order valence-corrected chi connectivity index (χ4v) is 2.82. The molecule has 0 spiro atoms. The second-order valence-electron chi connectivity index (χ2n) is 4.52. The third-order valence-electron chi connectivity index (χ3n) is 3.02. The predicted molar refractivity (Wildman–Crippen MR) is 92.3 cm³/mol. The average Bonchev–Trinajstić information content (AvgIpc) is 2.46. The lowest BCUT2D eigenvalue weighted by molar-refractivity contribution is 0.302. The number of ether oxygens (including phenoxy) is 1. The van der Waals surface area contributed by atoms with Crippen molar-refractivity contribution in [1.82, 2.24) is 5.32 Å². The summed E-state index contributed by atoms with van der Waals surface area (Å²) in [4.78, 5) is 0. The molecule has 0 heterocycles. The molecule has 0 amide bonds. The van der Waals surface area contributed by atoms with Crippen molar-refractivity contribution in [3.63, 3.8) is 0 Å². The van der Waals surface area contributed by atoms with Crippen LogP contribution in [0.25, 0.3) is 0 Å². The molecule has 0 saturated heterocycles. The van der Waals surface area contributed by atoms with Crippen LogP contribution < -0.4 is 10.1 Å². The van der Waals surface area contributed by atoms with Crippen molar-refractivity contribution in [1.29, 1.82) is 0 Å². The second kappa shape index (κ2) is 8.04. The molecular formula is C16H16BrCl2NO. The fourth-order valence-electron chi connectivity index (χ4n) is 1.91. The zero-order valence-electron chi connectivity index (χ0n) is 11.6. The molecule has 0 fully saturated rings. The number of rotatable bonds is 6. The van der Waals surface area contributed by atoms with Crippen molar-refractivity contribution >= 4 is 39.1 Å². The molecule has 2 aromatic rings. The van der Waals surface area contributed by atoms with E-state index in [1.54, 1.807) is 0 Å². The van der Waals surface area contributed by atoms with E-state index in [1.807, 2.05) is 36.4 Å². The predicted octanol–water partition coefficient (Wildman–Crippen LogP) is 5.44. The third kappa shape index (κ3) is 4.62. The molecule has 0 bridgehead atoms. The molecule has 0 aliphatic rings. The van der Waals surface area contributed by atoms with Crippen LogP contribution in [-0.2, 0) is 13.2 Å². The molecule has 1 N–H and O–H groups in total. The Morgan fingerprint density at radius 3 is 2.52 bits per heavy atom. The van der Waals surface area contributed by atoms with Gasteiger partial charge in [-0.05, 0) is 36.9 Å². The van der Waals surface area contributed by atoms with Crippen LogP contribution in [0.15, 0.2) is 40.9 Å². The Balaban J connectivity index is 2.16. The van der Waals surface area contributed by atoms with Crippen molar-refractivity contribution < 1.29 is 4.74 Å². The number of nitrogens with one attached hydrogen (secondary N) is 1. The standard InChI is InChI=1S/C16H16BrCl2NO/c1-2-20-9-11-8-12(17)6-7-16(11)21-10-13-14(18)4-3-5-15(13)19/h3-8,20H,2,9-10H2,1H3. The Morgan fingerprint density at radius 1 is 1.14 bits per heavy atom. The average molecular weight is 389 g/mol. The maximum absolute atomic E-state index is 6.16. The smallest absolute Gasteiger partial charge is 0.124 e. The topological polar surface area (TPSA) is 21.3 Å². The van der Waals surface area contributed by atoms with Gasteiger partial charge >= 0.3 is 0 Å². The molecule has 0 unspecified atom stereocenters. The van der Waals surface area contributed by atoms with Gasteiger partial charge < -0.3 is 10.1 Å². The van der Waals surface area contributed by atoms with Gasteiger partial charge in [0, 0.05) is 32.2 Å². The monoisotopic (exact) mass is 387 g/mol. The van der Waals surface area contributed by atoms with Gasteiger partial charge in [-0.15, -0.1) is 0 Å². The minimum absolute atomic E-state index is 0.346. The lowest BCUT2D eigenvalue weighted by Crippen LogP contribution is -2.13. The van der Waals surface area contributed by atoms with Crippen molar-refractivity contribution in [2.24, 2.45) is 0 Å². The van der Waals surface area contributed by atoms with Crippen LogP contribution >= 0.6 is 39.1 Å². The summed E-state index contributed by atoms with van der Waals surface area (Å²) in [5.41, 5.74) is 1.90. The summed E-state index contributed by atoms with van der Waals surface area (Å²) in [6.07, 6.45) is 0. The van der Waals surface area contributed by atoms with Gasteiger partial charge in [-0.1, -0.05) is 52.1 Å². The highest BCUT2D eigenvalue weighted by atomic mass is 79.9. The molecule has 0 aliphatic carbocycles. The van der Waals surface area contributed by atoms with Crippen molar-refractivity contribution in [3.05, 3.63) is 62.0 Å². The number of hydrogen-bond donors (Lipinski definition) is 1. The SMILES string of the molecule is CCNCc1cc(Br)ccc1OCc1c(Cl)cccc1Cl. The number of hydrogen-bond acceptors (Lipinski definition) is 2. The molecule has 2 aromatic carbocycles. The minimum Gasteiger partial charge on any atom is -0.488 e. The van der Waals surface area contributed by atoms with E-state index in [0.29, 0.717) is 16.7 Å². The van der Waals surface area contributed by atoms with E-state index in [1.165, 1.54) is 0 Å². The van der Waals surface area contributed by atoms with Crippen LogP contribution in [0.1, 0.15) is 18.1 Å². The minimum atomic E-state index is 0.346. The summed E-state index contributed by atoms with van der Waals surface area (Å²) in [5, 5.41) is 4.54. The van der Waals surface area contributed by atoms with Crippen molar-refractivity contribution in [2.75, 3.05) is 6.54 Å². The molecule has 0 atom stereocenters. The molecular weight excluding hydrogens is 373 g/mol. The quantitative estimate of drug-likeness (QED) is 0.710. The first-order valence-corrected chi connectivity index (χ1v) is 8.21. The van der Waals surface area contributed by atoms with Crippen LogP contribution in [0, 0.1) is 0 Å². The zero-order chi connectivity index (χ0) is 15.2. The van der Waals surface area contributed by atoms with Crippen LogP contribution in [-0.4, -0.2) is 6.54 Å². The van der Waals surface area contributed by atoms with Crippen molar-refractivity contribution in [3.8, 4) is 5.75 Å². The van der Waals surface area contributed by atoms with E-state index in [4.69, 9.17) is 27.9 Å². The highest BCUT2D eigenvalue weighted by molar-refractivity contribution is 9.10. The molecule has 2 nitrogen and oxygen atoms in total. The number of halogens is 3. The summed E-state index contributed by atoms with van der Waals surface area (Å²) in [7, 11) is 0. The Hall–Kier alpha value is -0.740. The Labute approximate surface area is 143 Å². The van der Waals surface area contributed by atoms with Gasteiger partial charge in [0.1, 0.15) is 12.4 Å². The molecule has 0 saturated carbocycles. The van der Waals surface area contributed by atoms with Gasteiger partial charge in [-0.25, -0.2) is 0 Å². The zero-order valence-corrected chi connectivity index (χ0v) is 14.7. The first kappa shape index (κ1) is 16.6. The van der Waals surface area contributed by atoms with Crippen molar-refractivity contribution in [2.45, 2.75) is 20.1 Å². The van der Waals surface area contributed by atoms with E-state index in [2.05, 4.69) is 28.2 Å². The normalized spacial score (nSPS) is 10.7. The summed E-state index contributed by atoms with van der Waals surface area (Å²) in [6, 6.07) is 11.4. The van der Waals surface area contributed by atoms with Gasteiger partial charge in [-0.3, -0.25) is 0 Å². The van der Waals surface area contributed by atoms with Crippen LogP contribution in [0.3, 0.4) is 0 Å². The molecule has 2 rings (SSSR count). The Morgan fingerprint density at radius 2 is 1.86 bits per heavy atom. The van der Waals surface area contributed by atoms with Crippen LogP contribution in [0.2, 0.25) is 10.0 Å². The Kier molecular flexibility index (Phi) is 6.37. The fraction of sp³-hybridized carbons (Fsp3) is 0.250. The Bertz CT molecular complexity index is 599. The maximum atomic E-state index is 6.16. The first-order chi connectivity index (χ1) is 10.1. The van der Waals surface area contributed by atoms with Crippen LogP contribution in [0.4, 0.5) is 0 Å². The van der Waals surface area contributed by atoms with E-state index < -0.39 is 0 Å². The van der Waals surface area contributed by atoms with Gasteiger partial charge in [0.2, 0.25) is 0 Å². The molecule has 21 heavy (non-hydrogen) atoms. The van der Waals surface area contributed by atoms with E-state index >= 15 is 0 Å². The van der Waals surface area contributed by atoms with Gasteiger partial charge in [0.15, 0.2) is 0 Å². The number of benzene rings is 2.